The van der Waals surface area contributed by atoms with Gasteiger partial charge in [-0.15, -0.1) is 11.3 Å². The van der Waals surface area contributed by atoms with Gasteiger partial charge in [0, 0.05) is 11.4 Å². The first-order valence-electron chi connectivity index (χ1n) is 6.75. The van der Waals surface area contributed by atoms with E-state index in [1.165, 1.54) is 42.8 Å². The van der Waals surface area contributed by atoms with Crippen LogP contribution in [0.3, 0.4) is 0 Å². The highest BCUT2D eigenvalue weighted by molar-refractivity contribution is 7.09. The number of hydrogen-bond donors (Lipinski definition) is 1. The summed E-state index contributed by atoms with van der Waals surface area (Å²) in [7, 11) is 0. The van der Waals surface area contributed by atoms with Gasteiger partial charge in [0.15, 0.2) is 0 Å². The molecule has 1 aromatic heterocycles. The maximum absolute atomic E-state index is 4.34. The van der Waals surface area contributed by atoms with Crippen LogP contribution in [-0.2, 0) is 6.42 Å². The van der Waals surface area contributed by atoms with Crippen LogP contribution in [0.2, 0.25) is 0 Å². The van der Waals surface area contributed by atoms with Crippen molar-refractivity contribution >= 4 is 11.3 Å². The summed E-state index contributed by atoms with van der Waals surface area (Å²) in [6, 6.07) is 0. The molecule has 1 fully saturated rings. The van der Waals surface area contributed by atoms with Crippen LogP contribution in [0.25, 0.3) is 0 Å². The quantitative estimate of drug-likeness (QED) is 0.804. The Labute approximate surface area is 109 Å². The molecular formula is C14H24N2S. The van der Waals surface area contributed by atoms with E-state index in [0.717, 1.165) is 12.5 Å². The van der Waals surface area contributed by atoms with E-state index in [-0.39, 0.29) is 0 Å². The monoisotopic (exact) mass is 252 g/mol. The average molecular weight is 252 g/mol. The van der Waals surface area contributed by atoms with Crippen molar-refractivity contribution < 1.29 is 0 Å². The average Bonchev–Trinajstić information content (AvgIpc) is 3.09. The Balaban J connectivity index is 1.91. The highest BCUT2D eigenvalue weighted by atomic mass is 32.1. The lowest BCUT2D eigenvalue weighted by molar-refractivity contribution is 0.239. The molecule has 96 valence electrons. The first-order valence-corrected chi connectivity index (χ1v) is 7.63. The molecule has 1 aliphatic rings. The lowest BCUT2D eigenvalue weighted by Gasteiger charge is -2.30. The van der Waals surface area contributed by atoms with Gasteiger partial charge in [-0.3, -0.25) is 0 Å². The van der Waals surface area contributed by atoms with E-state index >= 15 is 0 Å². The van der Waals surface area contributed by atoms with E-state index in [1.54, 1.807) is 0 Å². The van der Waals surface area contributed by atoms with E-state index in [2.05, 4.69) is 31.1 Å². The van der Waals surface area contributed by atoms with Crippen molar-refractivity contribution in [2.75, 3.05) is 13.1 Å². The van der Waals surface area contributed by atoms with Gasteiger partial charge < -0.3 is 5.32 Å². The summed E-state index contributed by atoms with van der Waals surface area (Å²) in [5.41, 5.74) is 3.70. The number of rotatable bonds is 7. The highest BCUT2D eigenvalue weighted by Crippen LogP contribution is 2.47. The fraction of sp³-hybridized carbons (Fsp3) is 0.786. The summed E-state index contributed by atoms with van der Waals surface area (Å²) in [6.45, 7) is 9.04. The van der Waals surface area contributed by atoms with E-state index in [1.807, 2.05) is 16.8 Å². The molecule has 0 radical (unpaired) electrons. The van der Waals surface area contributed by atoms with Gasteiger partial charge in [-0.2, -0.15) is 0 Å². The molecular weight excluding hydrogens is 228 g/mol. The van der Waals surface area contributed by atoms with E-state index < -0.39 is 0 Å². The lowest BCUT2D eigenvalue weighted by Crippen LogP contribution is -2.34. The molecule has 0 spiro atoms. The standard InChI is InChI=1S/C14H24N2S/c1-4-15-9-14(3,12-5-6-12)8-7-13-11(2)16-10-17-13/h10,12,15H,4-9H2,1-3H3. The second-order valence-electron chi connectivity index (χ2n) is 5.57. The van der Waals surface area contributed by atoms with Crippen LogP contribution in [0.15, 0.2) is 5.51 Å². The fourth-order valence-electron chi connectivity index (χ4n) is 2.59. The van der Waals surface area contributed by atoms with Crippen LogP contribution in [0.5, 0.6) is 0 Å². The van der Waals surface area contributed by atoms with Gasteiger partial charge >= 0.3 is 0 Å². The SMILES string of the molecule is CCNCC(C)(CCc1scnc1C)C1CC1. The summed E-state index contributed by atoms with van der Waals surface area (Å²) in [6.07, 6.45) is 5.37. The molecule has 0 saturated heterocycles. The summed E-state index contributed by atoms with van der Waals surface area (Å²) in [5, 5.41) is 3.54. The molecule has 17 heavy (non-hydrogen) atoms. The van der Waals surface area contributed by atoms with E-state index in [4.69, 9.17) is 0 Å². The third-order valence-electron chi connectivity index (χ3n) is 4.11. The van der Waals surface area contributed by atoms with Gasteiger partial charge in [-0.05, 0) is 50.5 Å². The van der Waals surface area contributed by atoms with Gasteiger partial charge in [0.2, 0.25) is 0 Å². The maximum Gasteiger partial charge on any atom is 0.0797 e. The van der Waals surface area contributed by atoms with Crippen molar-refractivity contribution in [3.05, 3.63) is 16.1 Å². The summed E-state index contributed by atoms with van der Waals surface area (Å²) >= 11 is 1.81. The molecule has 0 aromatic carbocycles. The van der Waals surface area contributed by atoms with Crippen LogP contribution in [0.4, 0.5) is 0 Å². The Hall–Kier alpha value is -0.410. The molecule has 1 unspecified atom stereocenters. The highest BCUT2D eigenvalue weighted by Gasteiger charge is 2.40. The minimum absolute atomic E-state index is 0.492. The number of nitrogens with zero attached hydrogens (tertiary/aromatic N) is 1. The molecule has 1 saturated carbocycles. The third-order valence-corrected chi connectivity index (χ3v) is 5.10. The predicted molar refractivity (Wildman–Crippen MR) is 74.5 cm³/mol. The van der Waals surface area contributed by atoms with Gasteiger partial charge in [0.1, 0.15) is 0 Å². The van der Waals surface area contributed by atoms with E-state index in [0.29, 0.717) is 5.41 Å². The Morgan fingerprint density at radius 2 is 2.29 bits per heavy atom. The van der Waals surface area contributed by atoms with Gasteiger partial charge in [0.05, 0.1) is 11.2 Å². The zero-order valence-corrected chi connectivity index (χ0v) is 12.1. The lowest BCUT2D eigenvalue weighted by atomic mass is 9.80. The normalized spacial score (nSPS) is 19.2. The molecule has 2 nitrogen and oxygen atoms in total. The zero-order chi connectivity index (χ0) is 12.3. The largest absolute Gasteiger partial charge is 0.316 e. The molecule has 3 heteroatoms. The molecule has 1 aliphatic carbocycles. The van der Waals surface area contributed by atoms with Gasteiger partial charge in [0.25, 0.3) is 0 Å². The van der Waals surface area contributed by atoms with Crippen LogP contribution in [0.1, 0.15) is 43.7 Å². The topological polar surface area (TPSA) is 24.9 Å². The minimum atomic E-state index is 0.492. The molecule has 1 aromatic rings. The maximum atomic E-state index is 4.34. The molecule has 1 atom stereocenters. The van der Waals surface area contributed by atoms with E-state index in [9.17, 15) is 0 Å². The minimum Gasteiger partial charge on any atom is -0.316 e. The van der Waals surface area contributed by atoms with Crippen molar-refractivity contribution in [3.8, 4) is 0 Å². The van der Waals surface area contributed by atoms with Crippen molar-refractivity contribution in [2.45, 2.75) is 46.5 Å². The van der Waals surface area contributed by atoms with Crippen LogP contribution in [0, 0.1) is 18.3 Å². The Morgan fingerprint density at radius 1 is 1.53 bits per heavy atom. The predicted octanol–water partition coefficient (Wildman–Crippen LogP) is 3.41. The Kier molecular flexibility index (Phi) is 4.21. The Bertz CT molecular complexity index is 357. The number of thiazole rings is 1. The Morgan fingerprint density at radius 3 is 2.82 bits per heavy atom. The van der Waals surface area contributed by atoms with Crippen molar-refractivity contribution in [1.82, 2.24) is 10.3 Å². The molecule has 0 bridgehead atoms. The second-order valence-corrected chi connectivity index (χ2v) is 6.51. The van der Waals surface area contributed by atoms with Gasteiger partial charge in [-0.1, -0.05) is 13.8 Å². The number of nitrogens with one attached hydrogen (secondary N) is 1. The third kappa shape index (κ3) is 3.29. The number of aromatic nitrogens is 1. The van der Waals surface area contributed by atoms with Crippen LogP contribution < -0.4 is 5.32 Å². The first-order chi connectivity index (χ1) is 8.15. The smallest absolute Gasteiger partial charge is 0.0797 e. The zero-order valence-electron chi connectivity index (χ0n) is 11.3. The molecule has 0 amide bonds. The van der Waals surface area contributed by atoms with Crippen LogP contribution >= 0.6 is 11.3 Å². The van der Waals surface area contributed by atoms with Gasteiger partial charge in [-0.25, -0.2) is 4.98 Å². The summed E-state index contributed by atoms with van der Waals surface area (Å²) < 4.78 is 0. The summed E-state index contributed by atoms with van der Waals surface area (Å²) in [5.74, 6) is 0.953. The van der Waals surface area contributed by atoms with Crippen LogP contribution in [-0.4, -0.2) is 18.1 Å². The summed E-state index contributed by atoms with van der Waals surface area (Å²) in [4.78, 5) is 5.82. The van der Waals surface area contributed by atoms with Crippen molar-refractivity contribution in [1.29, 1.82) is 0 Å². The fourth-order valence-corrected chi connectivity index (χ4v) is 3.37. The molecule has 1 N–H and O–H groups in total. The number of hydrogen-bond acceptors (Lipinski definition) is 3. The molecule has 0 aliphatic heterocycles. The van der Waals surface area contributed by atoms with Crippen molar-refractivity contribution in [3.63, 3.8) is 0 Å². The van der Waals surface area contributed by atoms with Crippen molar-refractivity contribution in [2.24, 2.45) is 11.3 Å². The molecule has 2 rings (SSSR count). The first kappa shape index (κ1) is 13.0. The molecule has 1 heterocycles. The second kappa shape index (κ2) is 5.49. The number of aryl methyl sites for hydroxylation is 2.